The minimum atomic E-state index is -0.989. The van der Waals surface area contributed by atoms with E-state index < -0.39 is 5.97 Å². The van der Waals surface area contributed by atoms with Crippen molar-refractivity contribution in [1.29, 1.82) is 0 Å². The molecule has 0 saturated heterocycles. The average molecular weight is 354 g/mol. The van der Waals surface area contributed by atoms with Crippen LogP contribution in [0.5, 0.6) is 5.75 Å². The van der Waals surface area contributed by atoms with Crippen molar-refractivity contribution in [2.24, 2.45) is 0 Å². The lowest BCUT2D eigenvalue weighted by Gasteiger charge is -2.14. The number of ether oxygens (including phenoxy) is 1. The molecule has 5 nitrogen and oxygen atoms in total. The average Bonchev–Trinajstić information content (AvgIpc) is 2.93. The summed E-state index contributed by atoms with van der Waals surface area (Å²) in [5.41, 5.74) is 1.25. The molecule has 0 aliphatic carbocycles. The Morgan fingerprint density at radius 1 is 1.48 bits per heavy atom. The van der Waals surface area contributed by atoms with Gasteiger partial charge in [0.05, 0.1) is 23.7 Å². The van der Waals surface area contributed by atoms with Crippen molar-refractivity contribution in [2.45, 2.75) is 19.5 Å². The molecule has 1 aromatic heterocycles. The maximum absolute atomic E-state index is 10.8. The molecule has 0 radical (unpaired) electrons. The molecule has 0 saturated carbocycles. The van der Waals surface area contributed by atoms with Crippen LogP contribution in [0.15, 0.2) is 39.4 Å². The van der Waals surface area contributed by atoms with Crippen molar-refractivity contribution in [3.05, 3.63) is 51.9 Å². The van der Waals surface area contributed by atoms with Gasteiger partial charge in [0.15, 0.2) is 0 Å². The lowest BCUT2D eigenvalue weighted by Crippen LogP contribution is -2.17. The molecule has 0 bridgehead atoms. The van der Waals surface area contributed by atoms with Gasteiger partial charge in [-0.15, -0.1) is 0 Å². The molecule has 0 aliphatic heterocycles. The number of rotatable bonds is 6. The highest BCUT2D eigenvalue weighted by atomic mass is 79.9. The number of nitrogens with one attached hydrogen (secondary N) is 1. The van der Waals surface area contributed by atoms with E-state index in [4.69, 9.17) is 14.3 Å². The number of carboxylic acid groups (broad SMARTS) is 1. The van der Waals surface area contributed by atoms with Gasteiger partial charge < -0.3 is 19.6 Å². The summed E-state index contributed by atoms with van der Waals surface area (Å²) >= 11 is 3.45. The van der Waals surface area contributed by atoms with Gasteiger partial charge in [-0.05, 0) is 46.6 Å². The lowest BCUT2D eigenvalue weighted by molar-refractivity contribution is 0.0696. The van der Waals surface area contributed by atoms with Gasteiger partial charge in [0.1, 0.15) is 17.8 Å². The maximum atomic E-state index is 10.8. The molecule has 6 heteroatoms. The second kappa shape index (κ2) is 6.78. The predicted octanol–water partition coefficient (Wildman–Crippen LogP) is 3.60. The monoisotopic (exact) mass is 353 g/mol. The number of methoxy groups -OCH3 is 1. The van der Waals surface area contributed by atoms with Crippen LogP contribution in [0, 0.1) is 0 Å². The number of carbonyl (C=O) groups is 1. The van der Waals surface area contributed by atoms with Gasteiger partial charge in [-0.2, -0.15) is 0 Å². The second-order valence-electron chi connectivity index (χ2n) is 4.60. The number of carboxylic acids is 1. The Labute approximate surface area is 131 Å². The summed E-state index contributed by atoms with van der Waals surface area (Å²) in [7, 11) is 1.62. The second-order valence-corrected chi connectivity index (χ2v) is 5.46. The first-order valence-electron chi connectivity index (χ1n) is 6.38. The number of hydrogen-bond donors (Lipinski definition) is 2. The normalized spacial score (nSPS) is 12.1. The van der Waals surface area contributed by atoms with Crippen molar-refractivity contribution in [3.8, 4) is 5.75 Å². The third-order valence-electron chi connectivity index (χ3n) is 3.16. The fraction of sp³-hybridized carbons (Fsp3) is 0.267. The molecule has 1 heterocycles. The molecule has 0 aliphatic rings. The first-order chi connectivity index (χ1) is 10.0. The maximum Gasteiger partial charge on any atom is 0.338 e. The van der Waals surface area contributed by atoms with Crippen molar-refractivity contribution in [2.75, 3.05) is 7.11 Å². The van der Waals surface area contributed by atoms with Gasteiger partial charge >= 0.3 is 5.97 Å². The van der Waals surface area contributed by atoms with Crippen LogP contribution in [0.25, 0.3) is 0 Å². The third-order valence-corrected chi connectivity index (χ3v) is 3.78. The van der Waals surface area contributed by atoms with Gasteiger partial charge in [0.2, 0.25) is 0 Å². The summed E-state index contributed by atoms with van der Waals surface area (Å²) in [4.78, 5) is 10.8. The molecule has 0 fully saturated rings. The van der Waals surface area contributed by atoms with Crippen LogP contribution in [-0.4, -0.2) is 18.2 Å². The van der Waals surface area contributed by atoms with Crippen LogP contribution in [-0.2, 0) is 6.54 Å². The molecule has 1 atom stereocenters. The van der Waals surface area contributed by atoms with E-state index in [0.29, 0.717) is 12.3 Å². The SMILES string of the molecule is COc1ccc(C(C)NCc2cc(C(=O)O)co2)cc1Br. The fourth-order valence-corrected chi connectivity index (χ4v) is 2.47. The van der Waals surface area contributed by atoms with Crippen LogP contribution < -0.4 is 10.1 Å². The number of aromatic carboxylic acids is 1. The molecule has 1 aromatic carbocycles. The van der Waals surface area contributed by atoms with Crippen molar-refractivity contribution in [1.82, 2.24) is 5.32 Å². The van der Waals surface area contributed by atoms with E-state index in [2.05, 4.69) is 21.2 Å². The van der Waals surface area contributed by atoms with Crippen molar-refractivity contribution in [3.63, 3.8) is 0 Å². The Morgan fingerprint density at radius 2 is 2.24 bits per heavy atom. The molecule has 0 amide bonds. The Hall–Kier alpha value is -1.79. The summed E-state index contributed by atoms with van der Waals surface area (Å²) < 4.78 is 11.3. The summed E-state index contributed by atoms with van der Waals surface area (Å²) in [6.07, 6.45) is 1.24. The van der Waals surface area contributed by atoms with Crippen molar-refractivity contribution < 1.29 is 19.1 Å². The first kappa shape index (κ1) is 15.6. The molecule has 112 valence electrons. The smallest absolute Gasteiger partial charge is 0.338 e. The Bertz CT molecular complexity index is 638. The van der Waals surface area contributed by atoms with Gasteiger partial charge in [-0.3, -0.25) is 0 Å². The first-order valence-corrected chi connectivity index (χ1v) is 7.18. The third kappa shape index (κ3) is 3.86. The Morgan fingerprint density at radius 3 is 2.81 bits per heavy atom. The highest BCUT2D eigenvalue weighted by Gasteiger charge is 2.11. The van der Waals surface area contributed by atoms with Crippen LogP contribution in [0.3, 0.4) is 0 Å². The standard InChI is InChI=1S/C15H16BrNO4/c1-9(10-3-4-14(20-2)13(16)6-10)17-7-12-5-11(8-21-12)15(18)19/h3-6,8-9,17H,7H2,1-2H3,(H,18,19). The summed E-state index contributed by atoms with van der Waals surface area (Å²) in [6, 6.07) is 7.47. The van der Waals surface area contributed by atoms with Gasteiger partial charge in [-0.1, -0.05) is 6.07 Å². The molecule has 21 heavy (non-hydrogen) atoms. The van der Waals surface area contributed by atoms with E-state index in [0.717, 1.165) is 15.8 Å². The molecular weight excluding hydrogens is 338 g/mol. The molecule has 2 N–H and O–H groups in total. The highest BCUT2D eigenvalue weighted by molar-refractivity contribution is 9.10. The minimum Gasteiger partial charge on any atom is -0.496 e. The van der Waals surface area contributed by atoms with E-state index in [1.54, 1.807) is 7.11 Å². The lowest BCUT2D eigenvalue weighted by atomic mass is 10.1. The van der Waals surface area contributed by atoms with Crippen LogP contribution in [0.2, 0.25) is 0 Å². The number of halogens is 1. The molecule has 2 aromatic rings. The fourth-order valence-electron chi connectivity index (χ4n) is 1.91. The van der Waals surface area contributed by atoms with Crippen LogP contribution in [0.4, 0.5) is 0 Å². The quantitative estimate of drug-likeness (QED) is 0.829. The van der Waals surface area contributed by atoms with E-state index in [9.17, 15) is 4.79 Å². The predicted molar refractivity (Wildman–Crippen MR) is 81.6 cm³/mol. The summed E-state index contributed by atoms with van der Waals surface area (Å²) in [5, 5.41) is 12.1. The number of hydrogen-bond acceptors (Lipinski definition) is 4. The summed E-state index contributed by atoms with van der Waals surface area (Å²) in [5.74, 6) is 0.382. The topological polar surface area (TPSA) is 71.7 Å². The highest BCUT2D eigenvalue weighted by Crippen LogP contribution is 2.28. The molecule has 1 unspecified atom stereocenters. The van der Waals surface area contributed by atoms with Crippen LogP contribution in [0.1, 0.15) is 34.6 Å². The number of benzene rings is 1. The number of furan rings is 1. The van der Waals surface area contributed by atoms with E-state index >= 15 is 0 Å². The Kier molecular flexibility index (Phi) is 5.03. The Balaban J connectivity index is 1.99. The zero-order valence-corrected chi connectivity index (χ0v) is 13.3. The zero-order chi connectivity index (χ0) is 15.4. The molecular formula is C15H16BrNO4. The largest absolute Gasteiger partial charge is 0.496 e. The minimum absolute atomic E-state index is 0.0885. The van der Waals surface area contributed by atoms with Gasteiger partial charge in [0.25, 0.3) is 0 Å². The summed E-state index contributed by atoms with van der Waals surface area (Å²) in [6.45, 7) is 2.48. The van der Waals surface area contributed by atoms with Crippen molar-refractivity contribution >= 4 is 21.9 Å². The van der Waals surface area contributed by atoms with E-state index in [1.165, 1.54) is 12.3 Å². The van der Waals surface area contributed by atoms with E-state index in [1.807, 2.05) is 25.1 Å². The van der Waals surface area contributed by atoms with Gasteiger partial charge in [-0.25, -0.2) is 4.79 Å². The molecule has 2 rings (SSSR count). The van der Waals surface area contributed by atoms with Gasteiger partial charge in [0, 0.05) is 6.04 Å². The van der Waals surface area contributed by atoms with Crippen LogP contribution >= 0.6 is 15.9 Å². The van der Waals surface area contributed by atoms with E-state index in [-0.39, 0.29) is 11.6 Å². The molecule has 0 spiro atoms. The zero-order valence-electron chi connectivity index (χ0n) is 11.7.